The Morgan fingerprint density at radius 2 is 2.22 bits per heavy atom. The fourth-order valence-electron chi connectivity index (χ4n) is 2.50. The van der Waals surface area contributed by atoms with E-state index in [9.17, 15) is 4.79 Å². The van der Waals surface area contributed by atoms with Crippen LogP contribution < -0.4 is 5.32 Å². The average Bonchev–Trinajstić information content (AvgIpc) is 2.82. The molecular weight excluding hydrogens is 226 g/mol. The van der Waals surface area contributed by atoms with E-state index in [-0.39, 0.29) is 17.4 Å². The molecule has 0 aromatic rings. The smallest absolute Gasteiger partial charge is 0.237 e. The van der Waals surface area contributed by atoms with Gasteiger partial charge in [0.2, 0.25) is 5.91 Å². The normalized spacial score (nSPS) is 20.7. The first-order valence-corrected chi connectivity index (χ1v) is 6.87. The van der Waals surface area contributed by atoms with E-state index in [0.29, 0.717) is 0 Å². The van der Waals surface area contributed by atoms with E-state index in [1.54, 1.807) is 7.05 Å². The molecule has 1 atom stereocenters. The molecule has 1 unspecified atom stereocenters. The maximum absolute atomic E-state index is 11.7. The molecule has 102 valence electrons. The summed E-state index contributed by atoms with van der Waals surface area (Å²) in [5.74, 6) is 0.143. The van der Waals surface area contributed by atoms with Crippen LogP contribution in [-0.2, 0) is 4.79 Å². The molecule has 0 spiro atoms. The topological polar surface area (TPSA) is 56.1 Å². The number of carbonyl (C=O) groups excluding carboxylic acids is 1. The summed E-state index contributed by atoms with van der Waals surface area (Å²) in [5.41, 5.74) is -0.217. The molecule has 1 saturated heterocycles. The van der Waals surface area contributed by atoms with E-state index in [2.05, 4.69) is 16.3 Å². The second kappa shape index (κ2) is 6.75. The van der Waals surface area contributed by atoms with E-state index in [0.717, 1.165) is 45.2 Å². The minimum absolute atomic E-state index is 0.0685. The first-order chi connectivity index (χ1) is 8.50. The lowest BCUT2D eigenvalue weighted by Crippen LogP contribution is -2.42. The summed E-state index contributed by atoms with van der Waals surface area (Å²) in [6.07, 6.45) is 5.14. The Kier molecular flexibility index (Phi) is 5.61. The van der Waals surface area contributed by atoms with Crippen LogP contribution in [0, 0.1) is 16.7 Å². The number of carbonyl (C=O) groups is 1. The number of likely N-dealkylation sites (N-methyl/N-ethyl adjacent to an activating group) is 1. The molecule has 1 aliphatic heterocycles. The van der Waals surface area contributed by atoms with Crippen LogP contribution in [0.4, 0.5) is 0 Å². The summed E-state index contributed by atoms with van der Waals surface area (Å²) in [6.45, 7) is 5.96. The number of hydrogen-bond acceptors (Lipinski definition) is 3. The number of nitrogens with one attached hydrogen (secondary N) is 1. The van der Waals surface area contributed by atoms with Gasteiger partial charge in [0.05, 0.1) is 17.5 Å². The van der Waals surface area contributed by atoms with Crippen LogP contribution in [0.15, 0.2) is 0 Å². The lowest BCUT2D eigenvalue weighted by molar-refractivity contribution is -0.125. The van der Waals surface area contributed by atoms with Crippen LogP contribution in [-0.4, -0.2) is 37.0 Å². The standard InChI is InChI=1S/C14H25N3O/c1-14(2,11-15)8-4-5-9-17-10-6-7-12(17)13(18)16-3/h12H,4-10H2,1-3H3,(H,16,18). The second-order valence-electron chi connectivity index (χ2n) is 5.76. The molecule has 4 heteroatoms. The van der Waals surface area contributed by atoms with Crippen LogP contribution in [0.25, 0.3) is 0 Å². The fraction of sp³-hybridized carbons (Fsp3) is 0.857. The van der Waals surface area contributed by atoms with Crippen LogP contribution in [0.1, 0.15) is 46.0 Å². The lowest BCUT2D eigenvalue weighted by atomic mass is 9.89. The van der Waals surface area contributed by atoms with Crippen molar-refractivity contribution in [2.24, 2.45) is 5.41 Å². The third kappa shape index (κ3) is 4.30. The number of unbranched alkanes of at least 4 members (excludes halogenated alkanes) is 1. The van der Waals surface area contributed by atoms with Gasteiger partial charge in [-0.3, -0.25) is 9.69 Å². The molecule has 0 radical (unpaired) electrons. The summed E-state index contributed by atoms with van der Waals surface area (Å²) < 4.78 is 0. The van der Waals surface area contributed by atoms with Crippen molar-refractivity contribution in [2.75, 3.05) is 20.1 Å². The maximum atomic E-state index is 11.7. The highest BCUT2D eigenvalue weighted by molar-refractivity contribution is 5.81. The number of hydrogen-bond donors (Lipinski definition) is 1. The number of likely N-dealkylation sites (tertiary alicyclic amines) is 1. The predicted molar refractivity (Wildman–Crippen MR) is 71.9 cm³/mol. The maximum Gasteiger partial charge on any atom is 0.237 e. The van der Waals surface area contributed by atoms with Gasteiger partial charge in [0.1, 0.15) is 0 Å². The van der Waals surface area contributed by atoms with Gasteiger partial charge in [0, 0.05) is 7.05 Å². The minimum atomic E-state index is -0.217. The molecule has 0 bridgehead atoms. The van der Waals surface area contributed by atoms with Crippen molar-refractivity contribution in [3.8, 4) is 6.07 Å². The van der Waals surface area contributed by atoms with E-state index in [4.69, 9.17) is 5.26 Å². The fourth-order valence-corrected chi connectivity index (χ4v) is 2.50. The number of amides is 1. The molecule has 0 saturated carbocycles. The van der Waals surface area contributed by atoms with Crippen molar-refractivity contribution < 1.29 is 4.79 Å². The summed E-state index contributed by atoms with van der Waals surface area (Å²) in [5, 5.41) is 11.7. The van der Waals surface area contributed by atoms with Crippen LogP contribution in [0.5, 0.6) is 0 Å². The first-order valence-electron chi connectivity index (χ1n) is 6.87. The summed E-state index contributed by atoms with van der Waals surface area (Å²) >= 11 is 0. The highest BCUT2D eigenvalue weighted by Gasteiger charge is 2.29. The summed E-state index contributed by atoms with van der Waals surface area (Å²) in [7, 11) is 1.70. The van der Waals surface area contributed by atoms with E-state index in [1.165, 1.54) is 0 Å². The molecule has 4 nitrogen and oxygen atoms in total. The third-order valence-electron chi connectivity index (χ3n) is 3.71. The van der Waals surface area contributed by atoms with Crippen molar-refractivity contribution in [1.82, 2.24) is 10.2 Å². The van der Waals surface area contributed by atoms with Crippen LogP contribution in [0.2, 0.25) is 0 Å². The second-order valence-corrected chi connectivity index (χ2v) is 5.76. The van der Waals surface area contributed by atoms with E-state index >= 15 is 0 Å². The first kappa shape index (κ1) is 15.0. The number of nitriles is 1. The van der Waals surface area contributed by atoms with Gasteiger partial charge < -0.3 is 5.32 Å². The number of rotatable bonds is 6. The molecule has 1 N–H and O–H groups in total. The predicted octanol–water partition coefficient (Wildman–Crippen LogP) is 1.92. The summed E-state index contributed by atoms with van der Waals surface area (Å²) in [6, 6.07) is 2.40. The van der Waals surface area contributed by atoms with Crippen molar-refractivity contribution in [2.45, 2.75) is 52.0 Å². The highest BCUT2D eigenvalue weighted by Crippen LogP contribution is 2.23. The van der Waals surface area contributed by atoms with Gasteiger partial charge in [-0.05, 0) is 52.6 Å². The molecule has 1 aliphatic rings. The van der Waals surface area contributed by atoms with E-state index < -0.39 is 0 Å². The minimum Gasteiger partial charge on any atom is -0.358 e. The Bertz CT molecular complexity index is 319. The van der Waals surface area contributed by atoms with Gasteiger partial charge in [0.15, 0.2) is 0 Å². The molecule has 1 amide bonds. The Morgan fingerprint density at radius 1 is 1.50 bits per heavy atom. The van der Waals surface area contributed by atoms with Gasteiger partial charge in [-0.2, -0.15) is 5.26 Å². The molecule has 1 fully saturated rings. The van der Waals surface area contributed by atoms with Crippen molar-refractivity contribution in [3.05, 3.63) is 0 Å². The van der Waals surface area contributed by atoms with Crippen molar-refractivity contribution in [3.63, 3.8) is 0 Å². The monoisotopic (exact) mass is 251 g/mol. The SMILES string of the molecule is CNC(=O)C1CCCN1CCCCC(C)(C)C#N. The van der Waals surface area contributed by atoms with Crippen LogP contribution in [0.3, 0.4) is 0 Å². The van der Waals surface area contributed by atoms with Gasteiger partial charge in [-0.1, -0.05) is 6.42 Å². The molecule has 1 rings (SSSR count). The Hall–Kier alpha value is -1.08. The van der Waals surface area contributed by atoms with Gasteiger partial charge in [-0.15, -0.1) is 0 Å². The van der Waals surface area contributed by atoms with Gasteiger partial charge in [-0.25, -0.2) is 0 Å². The zero-order valence-electron chi connectivity index (χ0n) is 11.8. The highest BCUT2D eigenvalue weighted by atomic mass is 16.2. The van der Waals surface area contributed by atoms with Crippen molar-refractivity contribution >= 4 is 5.91 Å². The van der Waals surface area contributed by atoms with E-state index in [1.807, 2.05) is 13.8 Å². The summed E-state index contributed by atoms with van der Waals surface area (Å²) in [4.78, 5) is 13.9. The molecule has 1 heterocycles. The van der Waals surface area contributed by atoms with Crippen LogP contribution >= 0.6 is 0 Å². The molecular formula is C14H25N3O. The Morgan fingerprint density at radius 3 is 2.83 bits per heavy atom. The number of nitrogens with zero attached hydrogens (tertiary/aromatic N) is 2. The van der Waals surface area contributed by atoms with Gasteiger partial charge >= 0.3 is 0 Å². The molecule has 18 heavy (non-hydrogen) atoms. The van der Waals surface area contributed by atoms with Gasteiger partial charge in [0.25, 0.3) is 0 Å². The zero-order valence-corrected chi connectivity index (χ0v) is 11.8. The molecule has 0 aromatic heterocycles. The Labute approximate surface area is 110 Å². The average molecular weight is 251 g/mol. The quantitative estimate of drug-likeness (QED) is 0.734. The zero-order chi connectivity index (χ0) is 13.6. The lowest BCUT2D eigenvalue weighted by Gasteiger charge is -2.23. The third-order valence-corrected chi connectivity index (χ3v) is 3.71. The Balaban J connectivity index is 2.27. The largest absolute Gasteiger partial charge is 0.358 e. The molecule has 0 aliphatic carbocycles. The molecule has 0 aromatic carbocycles. The van der Waals surface area contributed by atoms with Crippen molar-refractivity contribution in [1.29, 1.82) is 5.26 Å².